The Kier molecular flexibility index (Phi) is 7.33. The first-order valence-corrected chi connectivity index (χ1v) is 9.04. The van der Waals surface area contributed by atoms with Crippen LogP contribution >= 0.6 is 0 Å². The van der Waals surface area contributed by atoms with E-state index in [1.54, 1.807) is 0 Å². The molecule has 2 N–H and O–H groups in total. The van der Waals surface area contributed by atoms with Crippen LogP contribution in [0.15, 0.2) is 48.5 Å². The average molecular weight is 339 g/mol. The summed E-state index contributed by atoms with van der Waals surface area (Å²) in [6.45, 7) is 9.65. The van der Waals surface area contributed by atoms with Crippen LogP contribution in [-0.4, -0.2) is 25.5 Å². The number of rotatable bonds is 9. The van der Waals surface area contributed by atoms with Crippen molar-refractivity contribution in [2.24, 2.45) is 0 Å². The van der Waals surface area contributed by atoms with Gasteiger partial charge in [0.1, 0.15) is 0 Å². The molecule has 0 saturated heterocycles. The van der Waals surface area contributed by atoms with Gasteiger partial charge in [-0.15, -0.1) is 0 Å². The molecule has 1 amide bonds. The largest absolute Gasteiger partial charge is 0.384 e. The lowest BCUT2D eigenvalue weighted by Crippen LogP contribution is -2.25. The van der Waals surface area contributed by atoms with Gasteiger partial charge in [-0.25, -0.2) is 0 Å². The Balaban J connectivity index is 1.78. The number of carbonyl (C=O) groups is 1. The van der Waals surface area contributed by atoms with E-state index < -0.39 is 0 Å². The van der Waals surface area contributed by atoms with Gasteiger partial charge in [-0.2, -0.15) is 0 Å². The minimum Gasteiger partial charge on any atom is -0.384 e. The van der Waals surface area contributed by atoms with Gasteiger partial charge in [0.15, 0.2) is 0 Å². The Morgan fingerprint density at radius 3 is 2.40 bits per heavy atom. The second-order valence-corrected chi connectivity index (χ2v) is 6.11. The van der Waals surface area contributed by atoms with Gasteiger partial charge in [-0.05, 0) is 50.1 Å². The zero-order chi connectivity index (χ0) is 18.1. The van der Waals surface area contributed by atoms with Gasteiger partial charge in [-0.3, -0.25) is 4.79 Å². The van der Waals surface area contributed by atoms with Crippen LogP contribution in [-0.2, 0) is 11.3 Å². The Hall–Kier alpha value is -2.49. The summed E-state index contributed by atoms with van der Waals surface area (Å²) in [5, 5.41) is 6.32. The van der Waals surface area contributed by atoms with Crippen LogP contribution in [0.1, 0.15) is 31.4 Å². The van der Waals surface area contributed by atoms with E-state index in [0.29, 0.717) is 19.5 Å². The second kappa shape index (κ2) is 9.72. The summed E-state index contributed by atoms with van der Waals surface area (Å²) in [5.74, 6) is 0.0637. The van der Waals surface area contributed by atoms with E-state index in [1.807, 2.05) is 30.3 Å². The molecule has 0 bridgehead atoms. The van der Waals surface area contributed by atoms with Crippen molar-refractivity contribution in [3.05, 3.63) is 59.7 Å². The summed E-state index contributed by atoms with van der Waals surface area (Å²) < 4.78 is 0. The third kappa shape index (κ3) is 5.82. The number of nitrogens with one attached hydrogen (secondary N) is 2. The number of aryl methyl sites for hydroxylation is 1. The number of benzene rings is 2. The molecule has 0 unspecified atom stereocenters. The molecule has 4 heteroatoms. The lowest BCUT2D eigenvalue weighted by Gasteiger charge is -2.22. The fraction of sp³-hybridized carbons (Fsp3) is 0.381. The Bertz CT molecular complexity index is 666. The van der Waals surface area contributed by atoms with E-state index in [0.717, 1.165) is 24.3 Å². The zero-order valence-corrected chi connectivity index (χ0v) is 15.5. The van der Waals surface area contributed by atoms with E-state index in [1.165, 1.54) is 11.3 Å². The third-order valence-electron chi connectivity index (χ3n) is 4.34. The van der Waals surface area contributed by atoms with Crippen LogP contribution in [0.5, 0.6) is 0 Å². The number of nitrogens with zero attached hydrogens (tertiary/aromatic N) is 1. The van der Waals surface area contributed by atoms with Crippen LogP contribution < -0.4 is 15.5 Å². The molecule has 0 heterocycles. The van der Waals surface area contributed by atoms with Crippen molar-refractivity contribution in [3.63, 3.8) is 0 Å². The van der Waals surface area contributed by atoms with E-state index in [-0.39, 0.29) is 5.91 Å². The molecule has 0 spiro atoms. The van der Waals surface area contributed by atoms with Crippen LogP contribution in [0.4, 0.5) is 11.4 Å². The lowest BCUT2D eigenvalue weighted by molar-refractivity contribution is -0.121. The van der Waals surface area contributed by atoms with E-state index in [4.69, 9.17) is 0 Å². The Morgan fingerprint density at radius 2 is 1.76 bits per heavy atom. The van der Waals surface area contributed by atoms with Gasteiger partial charge in [0, 0.05) is 44.0 Å². The fourth-order valence-electron chi connectivity index (χ4n) is 2.83. The first-order valence-electron chi connectivity index (χ1n) is 9.04. The molecule has 0 aliphatic heterocycles. The smallest absolute Gasteiger partial charge is 0.222 e. The lowest BCUT2D eigenvalue weighted by atomic mass is 10.1. The minimum absolute atomic E-state index is 0.0637. The predicted molar refractivity (Wildman–Crippen MR) is 106 cm³/mol. The standard InChI is InChI=1S/C21H29N3O/c1-4-24(5-2)19-11-12-20(17(3)15-19)22-14-13-21(25)23-16-18-9-7-6-8-10-18/h6-12,15,22H,4-5,13-14,16H2,1-3H3,(H,23,25). The van der Waals surface area contributed by atoms with Crippen LogP contribution in [0.2, 0.25) is 0 Å². The molecule has 0 saturated carbocycles. The monoisotopic (exact) mass is 339 g/mol. The maximum Gasteiger partial charge on any atom is 0.222 e. The second-order valence-electron chi connectivity index (χ2n) is 6.11. The highest BCUT2D eigenvalue weighted by Crippen LogP contribution is 2.22. The van der Waals surface area contributed by atoms with Gasteiger partial charge in [0.05, 0.1) is 0 Å². The average Bonchev–Trinajstić information content (AvgIpc) is 2.63. The van der Waals surface area contributed by atoms with Gasteiger partial charge >= 0.3 is 0 Å². The number of carbonyl (C=O) groups excluding carboxylic acids is 1. The van der Waals surface area contributed by atoms with Crippen molar-refractivity contribution in [3.8, 4) is 0 Å². The van der Waals surface area contributed by atoms with Gasteiger partial charge < -0.3 is 15.5 Å². The van der Waals surface area contributed by atoms with E-state index in [9.17, 15) is 4.79 Å². The van der Waals surface area contributed by atoms with Crippen molar-refractivity contribution in [1.29, 1.82) is 0 Å². The van der Waals surface area contributed by atoms with Crippen molar-refractivity contribution in [1.82, 2.24) is 5.32 Å². The normalized spacial score (nSPS) is 10.4. The quantitative estimate of drug-likeness (QED) is 0.727. The predicted octanol–water partition coefficient (Wildman–Crippen LogP) is 3.96. The molecule has 25 heavy (non-hydrogen) atoms. The van der Waals surface area contributed by atoms with Gasteiger partial charge in [0.2, 0.25) is 5.91 Å². The first kappa shape index (κ1) is 18.8. The number of anilines is 2. The molecule has 0 aromatic heterocycles. The highest BCUT2D eigenvalue weighted by atomic mass is 16.1. The van der Waals surface area contributed by atoms with Gasteiger partial charge in [0.25, 0.3) is 0 Å². The summed E-state index contributed by atoms with van der Waals surface area (Å²) in [7, 11) is 0. The van der Waals surface area contributed by atoms with E-state index >= 15 is 0 Å². The maximum atomic E-state index is 12.0. The minimum atomic E-state index is 0.0637. The van der Waals surface area contributed by atoms with Crippen molar-refractivity contribution >= 4 is 17.3 Å². The number of amides is 1. The topological polar surface area (TPSA) is 44.4 Å². The first-order chi connectivity index (χ1) is 12.1. The third-order valence-corrected chi connectivity index (χ3v) is 4.34. The van der Waals surface area contributed by atoms with Crippen LogP contribution in [0.3, 0.4) is 0 Å². The van der Waals surface area contributed by atoms with Crippen LogP contribution in [0.25, 0.3) is 0 Å². The van der Waals surface area contributed by atoms with Crippen LogP contribution in [0, 0.1) is 6.92 Å². The summed E-state index contributed by atoms with van der Waals surface area (Å²) in [4.78, 5) is 14.3. The molecule has 134 valence electrons. The van der Waals surface area contributed by atoms with Crippen molar-refractivity contribution in [2.75, 3.05) is 29.9 Å². The summed E-state index contributed by atoms with van der Waals surface area (Å²) in [6.07, 6.45) is 0.462. The summed E-state index contributed by atoms with van der Waals surface area (Å²) in [5.41, 5.74) is 4.65. The Labute approximate surface area is 151 Å². The summed E-state index contributed by atoms with van der Waals surface area (Å²) >= 11 is 0. The summed E-state index contributed by atoms with van der Waals surface area (Å²) in [6, 6.07) is 16.4. The SMILES string of the molecule is CCN(CC)c1ccc(NCCC(=O)NCc2ccccc2)c(C)c1. The maximum absolute atomic E-state index is 12.0. The number of hydrogen-bond acceptors (Lipinski definition) is 3. The molecule has 0 aliphatic rings. The van der Waals surface area contributed by atoms with Crippen molar-refractivity contribution < 1.29 is 4.79 Å². The molecule has 0 fully saturated rings. The number of hydrogen-bond donors (Lipinski definition) is 2. The highest BCUT2D eigenvalue weighted by Gasteiger charge is 2.06. The zero-order valence-electron chi connectivity index (χ0n) is 15.5. The molecule has 2 aromatic rings. The highest BCUT2D eigenvalue weighted by molar-refractivity contribution is 5.76. The van der Waals surface area contributed by atoms with E-state index in [2.05, 4.69) is 54.5 Å². The molecule has 2 rings (SSSR count). The molecule has 0 atom stereocenters. The molecule has 4 nitrogen and oxygen atoms in total. The Morgan fingerprint density at radius 1 is 1.04 bits per heavy atom. The molecule has 0 aliphatic carbocycles. The van der Waals surface area contributed by atoms with Crippen molar-refractivity contribution in [2.45, 2.75) is 33.7 Å². The fourth-order valence-corrected chi connectivity index (χ4v) is 2.83. The molecular weight excluding hydrogens is 310 g/mol. The molecule has 0 radical (unpaired) electrons. The van der Waals surface area contributed by atoms with Gasteiger partial charge in [-0.1, -0.05) is 30.3 Å². The molecule has 2 aromatic carbocycles. The molecular formula is C21H29N3O.